The highest BCUT2D eigenvalue weighted by Gasteiger charge is 2.23. The van der Waals surface area contributed by atoms with Gasteiger partial charge in [-0.05, 0) is 19.1 Å². The number of nitro groups is 1. The molecule has 2 aromatic carbocycles. The van der Waals surface area contributed by atoms with Gasteiger partial charge >= 0.3 is 0 Å². The van der Waals surface area contributed by atoms with Gasteiger partial charge < -0.3 is 5.32 Å². The molecule has 0 saturated heterocycles. The van der Waals surface area contributed by atoms with Gasteiger partial charge in [-0.2, -0.15) is 0 Å². The minimum atomic E-state index is -0.662. The van der Waals surface area contributed by atoms with E-state index < -0.39 is 10.8 Å². The second-order valence-corrected chi connectivity index (χ2v) is 7.55. The lowest BCUT2D eigenvalue weighted by Gasteiger charge is -2.09. The summed E-state index contributed by atoms with van der Waals surface area (Å²) in [7, 11) is 0. The first-order chi connectivity index (χ1) is 14.4. The van der Waals surface area contributed by atoms with Crippen molar-refractivity contribution in [3.05, 3.63) is 86.6 Å². The number of halogens is 1. The smallest absolute Gasteiger partial charge is 0.282 e. The molecule has 0 atom stereocenters. The van der Waals surface area contributed by atoms with Gasteiger partial charge in [0.05, 0.1) is 16.8 Å². The van der Waals surface area contributed by atoms with Crippen molar-refractivity contribution in [2.24, 2.45) is 0 Å². The number of nitrogens with one attached hydrogen (secondary N) is 1. The van der Waals surface area contributed by atoms with Crippen LogP contribution in [0.4, 0.5) is 11.5 Å². The molecule has 4 aromatic rings. The zero-order valence-electron chi connectivity index (χ0n) is 15.6. The molecule has 0 unspecified atom stereocenters. The Morgan fingerprint density at radius 3 is 2.73 bits per heavy atom. The zero-order valence-corrected chi connectivity index (χ0v) is 17.1. The summed E-state index contributed by atoms with van der Waals surface area (Å²) in [5.41, 5.74) is 1.30. The number of aryl methyl sites for hydroxylation is 1. The Kier molecular flexibility index (Phi) is 5.30. The number of carbonyl (C=O) groups excluding carboxylic acids is 1. The van der Waals surface area contributed by atoms with Gasteiger partial charge in [-0.15, -0.1) is 11.3 Å². The van der Waals surface area contributed by atoms with Crippen LogP contribution in [0.2, 0.25) is 5.02 Å². The van der Waals surface area contributed by atoms with Crippen molar-refractivity contribution in [1.82, 2.24) is 14.5 Å². The van der Waals surface area contributed by atoms with Crippen molar-refractivity contribution < 1.29 is 9.72 Å². The first kappa shape index (κ1) is 19.7. The molecule has 1 N–H and O–H groups in total. The van der Waals surface area contributed by atoms with Crippen LogP contribution in [0.1, 0.15) is 16.2 Å². The summed E-state index contributed by atoms with van der Waals surface area (Å²) >= 11 is 7.33. The second-order valence-electron chi connectivity index (χ2n) is 6.28. The Labute approximate surface area is 179 Å². The summed E-state index contributed by atoms with van der Waals surface area (Å²) in [6, 6.07) is 13.5. The molecule has 0 radical (unpaired) electrons. The van der Waals surface area contributed by atoms with Crippen molar-refractivity contribution in [3.8, 4) is 16.4 Å². The fourth-order valence-corrected chi connectivity index (χ4v) is 3.98. The van der Waals surface area contributed by atoms with Gasteiger partial charge in [-0.1, -0.05) is 41.9 Å². The molecule has 0 spiro atoms. The van der Waals surface area contributed by atoms with Crippen LogP contribution in [0.3, 0.4) is 0 Å². The first-order valence-corrected chi connectivity index (χ1v) is 10.0. The predicted octanol–water partition coefficient (Wildman–Crippen LogP) is 5.12. The van der Waals surface area contributed by atoms with E-state index in [9.17, 15) is 14.9 Å². The van der Waals surface area contributed by atoms with Gasteiger partial charge in [0, 0.05) is 22.0 Å². The van der Waals surface area contributed by atoms with Crippen molar-refractivity contribution in [2.75, 3.05) is 5.32 Å². The molecule has 2 heterocycles. The molecular formula is C20H14ClN5O3S. The van der Waals surface area contributed by atoms with E-state index in [0.717, 1.165) is 11.3 Å². The summed E-state index contributed by atoms with van der Waals surface area (Å²) < 4.78 is 1.69. The lowest BCUT2D eigenvalue weighted by Crippen LogP contribution is -2.16. The minimum Gasteiger partial charge on any atom is -0.306 e. The minimum absolute atomic E-state index is 0.137. The van der Waals surface area contributed by atoms with Gasteiger partial charge in [0.25, 0.3) is 11.6 Å². The van der Waals surface area contributed by atoms with E-state index in [-0.39, 0.29) is 16.3 Å². The molecule has 0 saturated carbocycles. The zero-order chi connectivity index (χ0) is 21.3. The molecular weight excluding hydrogens is 426 g/mol. The normalized spacial score (nSPS) is 10.7. The van der Waals surface area contributed by atoms with Crippen LogP contribution in [0.25, 0.3) is 16.4 Å². The monoisotopic (exact) mass is 439 g/mol. The van der Waals surface area contributed by atoms with Gasteiger partial charge in [0.15, 0.2) is 5.13 Å². The number of hydrogen-bond acceptors (Lipinski definition) is 6. The number of benzene rings is 2. The molecule has 10 heteroatoms. The van der Waals surface area contributed by atoms with Crippen LogP contribution in [0, 0.1) is 17.0 Å². The van der Waals surface area contributed by atoms with E-state index in [4.69, 9.17) is 11.6 Å². The number of carbonyl (C=O) groups is 1. The maximum absolute atomic E-state index is 12.8. The summed E-state index contributed by atoms with van der Waals surface area (Å²) in [6.45, 7) is 1.78. The third-order valence-corrected chi connectivity index (χ3v) is 5.39. The predicted molar refractivity (Wildman–Crippen MR) is 115 cm³/mol. The van der Waals surface area contributed by atoms with Gasteiger partial charge in [-0.25, -0.2) is 9.97 Å². The average Bonchev–Trinajstić information content (AvgIpc) is 3.35. The number of nitrogens with zero attached hydrogens (tertiary/aromatic N) is 4. The van der Waals surface area contributed by atoms with Gasteiger partial charge in [-0.3, -0.25) is 19.5 Å². The van der Waals surface area contributed by atoms with E-state index in [0.29, 0.717) is 16.8 Å². The molecule has 150 valence electrons. The van der Waals surface area contributed by atoms with Crippen molar-refractivity contribution in [3.63, 3.8) is 0 Å². The van der Waals surface area contributed by atoms with E-state index >= 15 is 0 Å². The maximum Gasteiger partial charge on any atom is 0.282 e. The van der Waals surface area contributed by atoms with E-state index in [1.807, 2.05) is 35.7 Å². The summed E-state index contributed by atoms with van der Waals surface area (Å²) in [5, 5.41) is 16.7. The molecule has 0 aliphatic carbocycles. The SMILES string of the molecule is Cc1ncc(NC(=O)c2cc(Cl)ccc2[N+](=O)[O-])n1-c1nc(-c2ccccc2)cs1. The van der Waals surface area contributed by atoms with E-state index in [2.05, 4.69) is 15.3 Å². The molecule has 0 bridgehead atoms. The maximum atomic E-state index is 12.8. The molecule has 0 aliphatic heterocycles. The molecule has 1 amide bonds. The topological polar surface area (TPSA) is 103 Å². The largest absolute Gasteiger partial charge is 0.306 e. The number of amides is 1. The number of thiazole rings is 1. The molecule has 4 rings (SSSR count). The number of rotatable bonds is 5. The second kappa shape index (κ2) is 8.05. The van der Waals surface area contributed by atoms with Gasteiger partial charge in [0.2, 0.25) is 0 Å². The van der Waals surface area contributed by atoms with E-state index in [1.165, 1.54) is 35.7 Å². The van der Waals surface area contributed by atoms with Crippen LogP contribution in [0.5, 0.6) is 0 Å². The number of imidazole rings is 1. The lowest BCUT2D eigenvalue weighted by molar-refractivity contribution is -0.385. The fourth-order valence-electron chi connectivity index (χ4n) is 2.92. The fraction of sp³-hybridized carbons (Fsp3) is 0.0500. The standard InChI is InChI=1S/C20H14ClN5O3S/c1-12-22-10-18(24-19(27)15-9-14(21)7-8-17(15)26(28)29)25(12)20-23-16(11-30-20)13-5-3-2-4-6-13/h2-11H,1H3,(H,24,27). The Hall–Kier alpha value is -3.56. The Bertz CT molecular complexity index is 1250. The third kappa shape index (κ3) is 3.80. The number of hydrogen-bond donors (Lipinski definition) is 1. The number of aromatic nitrogens is 3. The molecule has 2 aromatic heterocycles. The highest BCUT2D eigenvalue weighted by atomic mass is 35.5. The highest BCUT2D eigenvalue weighted by molar-refractivity contribution is 7.12. The third-order valence-electron chi connectivity index (χ3n) is 4.33. The Morgan fingerprint density at radius 1 is 1.23 bits per heavy atom. The Balaban J connectivity index is 1.68. The van der Waals surface area contributed by atoms with Crippen LogP contribution in [0.15, 0.2) is 60.1 Å². The highest BCUT2D eigenvalue weighted by Crippen LogP contribution is 2.28. The summed E-state index contributed by atoms with van der Waals surface area (Å²) in [5.74, 6) is 0.297. The van der Waals surface area contributed by atoms with Crippen LogP contribution in [-0.4, -0.2) is 25.4 Å². The lowest BCUT2D eigenvalue weighted by atomic mass is 10.1. The molecule has 8 nitrogen and oxygen atoms in total. The molecule has 0 aliphatic rings. The summed E-state index contributed by atoms with van der Waals surface area (Å²) in [4.78, 5) is 32.3. The molecule has 30 heavy (non-hydrogen) atoms. The van der Waals surface area contributed by atoms with E-state index in [1.54, 1.807) is 11.5 Å². The van der Waals surface area contributed by atoms with Crippen LogP contribution in [-0.2, 0) is 0 Å². The van der Waals surface area contributed by atoms with Crippen molar-refractivity contribution >= 4 is 40.4 Å². The number of anilines is 1. The van der Waals surface area contributed by atoms with Crippen molar-refractivity contribution in [2.45, 2.75) is 6.92 Å². The van der Waals surface area contributed by atoms with Crippen LogP contribution < -0.4 is 5.32 Å². The number of nitro benzene ring substituents is 1. The van der Waals surface area contributed by atoms with Crippen molar-refractivity contribution in [1.29, 1.82) is 0 Å². The summed E-state index contributed by atoms with van der Waals surface area (Å²) in [6.07, 6.45) is 1.48. The Morgan fingerprint density at radius 2 is 2.00 bits per heavy atom. The average molecular weight is 440 g/mol. The van der Waals surface area contributed by atoms with Crippen LogP contribution >= 0.6 is 22.9 Å². The first-order valence-electron chi connectivity index (χ1n) is 8.75. The van der Waals surface area contributed by atoms with Gasteiger partial charge in [0.1, 0.15) is 17.2 Å². The molecule has 0 fully saturated rings. The quantitative estimate of drug-likeness (QED) is 0.343.